The van der Waals surface area contributed by atoms with E-state index in [0.717, 1.165) is 45.3 Å². The van der Waals surface area contributed by atoms with Crippen molar-refractivity contribution >= 4 is 17.7 Å². The van der Waals surface area contributed by atoms with Crippen LogP contribution < -0.4 is 10.6 Å². The number of rotatable bonds is 5. The highest BCUT2D eigenvalue weighted by atomic mass is 32.2. The fraction of sp³-hybridized carbons (Fsp3) is 0.929. The predicted octanol–water partition coefficient (Wildman–Crippen LogP) is 1.14. The van der Waals surface area contributed by atoms with Gasteiger partial charge in [0.15, 0.2) is 0 Å². The summed E-state index contributed by atoms with van der Waals surface area (Å²) in [6, 6.07) is 0. The van der Waals surface area contributed by atoms with E-state index >= 15 is 0 Å². The highest BCUT2D eigenvalue weighted by Crippen LogP contribution is 2.23. The molecule has 0 aromatic rings. The van der Waals surface area contributed by atoms with E-state index in [1.807, 2.05) is 0 Å². The molecule has 1 amide bonds. The van der Waals surface area contributed by atoms with Gasteiger partial charge in [0.2, 0.25) is 5.91 Å². The fourth-order valence-corrected chi connectivity index (χ4v) is 3.87. The van der Waals surface area contributed by atoms with Gasteiger partial charge in [-0.05, 0) is 57.5 Å². The highest BCUT2D eigenvalue weighted by molar-refractivity contribution is 8.00. The van der Waals surface area contributed by atoms with Crippen LogP contribution in [0.3, 0.4) is 0 Å². The second-order valence-electron chi connectivity index (χ2n) is 5.74. The standard InChI is InChI=1S/C14H26N2O2S/c17-12-3-1-11(2-4-12)9-16-14(18)10-19-13-5-7-15-8-6-13/h11-13,15,17H,1-10H2,(H,16,18). The summed E-state index contributed by atoms with van der Waals surface area (Å²) in [6.45, 7) is 2.96. The van der Waals surface area contributed by atoms with E-state index in [2.05, 4.69) is 10.6 Å². The van der Waals surface area contributed by atoms with Crippen LogP contribution in [0, 0.1) is 5.92 Å². The normalized spacial score (nSPS) is 29.1. The number of aliphatic hydroxyl groups is 1. The van der Waals surface area contributed by atoms with E-state index in [9.17, 15) is 9.90 Å². The lowest BCUT2D eigenvalue weighted by atomic mass is 9.87. The molecule has 2 fully saturated rings. The molecule has 1 aliphatic carbocycles. The molecule has 0 bridgehead atoms. The Labute approximate surface area is 120 Å². The molecule has 1 saturated carbocycles. The summed E-state index contributed by atoms with van der Waals surface area (Å²) in [7, 11) is 0. The number of aliphatic hydroxyl groups excluding tert-OH is 1. The van der Waals surface area contributed by atoms with E-state index in [-0.39, 0.29) is 12.0 Å². The molecule has 0 unspecified atom stereocenters. The Morgan fingerprint density at radius 2 is 1.84 bits per heavy atom. The number of hydrogen-bond donors (Lipinski definition) is 3. The van der Waals surface area contributed by atoms with Crippen LogP contribution in [-0.4, -0.2) is 47.8 Å². The number of carbonyl (C=O) groups excluding carboxylic acids is 1. The number of piperidine rings is 1. The Bertz CT molecular complexity index is 275. The number of thioether (sulfide) groups is 1. The molecule has 1 aliphatic heterocycles. The second kappa shape index (κ2) is 8.12. The first kappa shape index (κ1) is 15.1. The van der Waals surface area contributed by atoms with Crippen molar-refractivity contribution in [3.05, 3.63) is 0 Å². The number of hydrogen-bond acceptors (Lipinski definition) is 4. The van der Waals surface area contributed by atoms with Crippen molar-refractivity contribution in [1.82, 2.24) is 10.6 Å². The average molecular weight is 286 g/mol. The third kappa shape index (κ3) is 5.71. The summed E-state index contributed by atoms with van der Waals surface area (Å²) >= 11 is 1.80. The molecule has 1 saturated heterocycles. The Morgan fingerprint density at radius 1 is 1.16 bits per heavy atom. The Balaban J connectivity index is 1.54. The Morgan fingerprint density at radius 3 is 2.53 bits per heavy atom. The lowest BCUT2D eigenvalue weighted by molar-refractivity contribution is -0.118. The van der Waals surface area contributed by atoms with Gasteiger partial charge in [-0.15, -0.1) is 11.8 Å². The summed E-state index contributed by atoms with van der Waals surface area (Å²) < 4.78 is 0. The average Bonchev–Trinajstić information content (AvgIpc) is 2.45. The number of amides is 1. The number of nitrogens with one attached hydrogen (secondary N) is 2. The van der Waals surface area contributed by atoms with E-state index in [4.69, 9.17) is 0 Å². The first-order valence-electron chi connectivity index (χ1n) is 7.51. The molecule has 5 heteroatoms. The zero-order chi connectivity index (χ0) is 13.5. The summed E-state index contributed by atoms with van der Waals surface area (Å²) in [5, 5.41) is 16.5. The third-order valence-corrected chi connectivity index (χ3v) is 5.51. The predicted molar refractivity (Wildman–Crippen MR) is 79.3 cm³/mol. The van der Waals surface area contributed by atoms with Crippen LogP contribution in [-0.2, 0) is 4.79 Å². The maximum atomic E-state index is 11.8. The molecule has 2 rings (SSSR count). The van der Waals surface area contributed by atoms with Crippen molar-refractivity contribution < 1.29 is 9.90 Å². The van der Waals surface area contributed by atoms with Gasteiger partial charge in [-0.3, -0.25) is 4.79 Å². The molecule has 0 spiro atoms. The molecule has 0 aromatic carbocycles. The zero-order valence-electron chi connectivity index (χ0n) is 11.6. The lowest BCUT2D eigenvalue weighted by Crippen LogP contribution is -2.34. The van der Waals surface area contributed by atoms with Crippen LogP contribution >= 0.6 is 11.8 Å². The maximum absolute atomic E-state index is 11.8. The van der Waals surface area contributed by atoms with Gasteiger partial charge in [0.05, 0.1) is 11.9 Å². The van der Waals surface area contributed by atoms with Crippen molar-refractivity contribution in [2.75, 3.05) is 25.4 Å². The van der Waals surface area contributed by atoms with Crippen LogP contribution in [0.1, 0.15) is 38.5 Å². The van der Waals surface area contributed by atoms with Crippen LogP contribution in [0.2, 0.25) is 0 Å². The minimum absolute atomic E-state index is 0.109. The van der Waals surface area contributed by atoms with E-state index in [1.165, 1.54) is 12.8 Å². The summed E-state index contributed by atoms with van der Waals surface area (Å²) in [6.07, 6.45) is 6.12. The first-order chi connectivity index (χ1) is 9.24. The van der Waals surface area contributed by atoms with Gasteiger partial charge in [-0.25, -0.2) is 0 Å². The number of carbonyl (C=O) groups is 1. The summed E-state index contributed by atoms with van der Waals surface area (Å²) in [5.74, 6) is 1.34. The van der Waals surface area contributed by atoms with E-state index in [0.29, 0.717) is 16.9 Å². The van der Waals surface area contributed by atoms with Crippen LogP contribution in [0.5, 0.6) is 0 Å². The van der Waals surface area contributed by atoms with Crippen LogP contribution in [0.15, 0.2) is 0 Å². The van der Waals surface area contributed by atoms with Gasteiger partial charge in [0.1, 0.15) is 0 Å². The molecule has 0 radical (unpaired) electrons. The monoisotopic (exact) mass is 286 g/mol. The van der Waals surface area contributed by atoms with Crippen molar-refractivity contribution in [2.45, 2.75) is 49.9 Å². The van der Waals surface area contributed by atoms with E-state index in [1.54, 1.807) is 11.8 Å². The Kier molecular flexibility index (Phi) is 6.47. The second-order valence-corrected chi connectivity index (χ2v) is 7.03. The molecule has 19 heavy (non-hydrogen) atoms. The van der Waals surface area contributed by atoms with Crippen molar-refractivity contribution in [3.63, 3.8) is 0 Å². The van der Waals surface area contributed by atoms with Gasteiger partial charge >= 0.3 is 0 Å². The van der Waals surface area contributed by atoms with Gasteiger partial charge in [-0.2, -0.15) is 0 Å². The Hall–Kier alpha value is -0.260. The molecule has 4 nitrogen and oxygen atoms in total. The molecule has 1 heterocycles. The highest BCUT2D eigenvalue weighted by Gasteiger charge is 2.20. The van der Waals surface area contributed by atoms with Crippen LogP contribution in [0.25, 0.3) is 0 Å². The zero-order valence-corrected chi connectivity index (χ0v) is 12.4. The molecule has 3 N–H and O–H groups in total. The smallest absolute Gasteiger partial charge is 0.230 e. The van der Waals surface area contributed by atoms with Crippen molar-refractivity contribution in [3.8, 4) is 0 Å². The minimum atomic E-state index is -0.109. The molecule has 0 aromatic heterocycles. The summed E-state index contributed by atoms with van der Waals surface area (Å²) in [5.41, 5.74) is 0. The molecule has 110 valence electrons. The SMILES string of the molecule is O=C(CSC1CCNCC1)NCC1CCC(O)CC1. The van der Waals surface area contributed by atoms with Gasteiger partial charge in [0, 0.05) is 11.8 Å². The molecular formula is C14H26N2O2S. The van der Waals surface area contributed by atoms with E-state index < -0.39 is 0 Å². The fourth-order valence-electron chi connectivity index (χ4n) is 2.81. The van der Waals surface area contributed by atoms with Gasteiger partial charge in [0.25, 0.3) is 0 Å². The van der Waals surface area contributed by atoms with Crippen molar-refractivity contribution in [2.24, 2.45) is 5.92 Å². The van der Waals surface area contributed by atoms with Crippen molar-refractivity contribution in [1.29, 1.82) is 0 Å². The maximum Gasteiger partial charge on any atom is 0.230 e. The van der Waals surface area contributed by atoms with Crippen LogP contribution in [0.4, 0.5) is 0 Å². The van der Waals surface area contributed by atoms with Gasteiger partial charge in [-0.1, -0.05) is 0 Å². The molecular weight excluding hydrogens is 260 g/mol. The van der Waals surface area contributed by atoms with Gasteiger partial charge < -0.3 is 15.7 Å². The summed E-state index contributed by atoms with van der Waals surface area (Å²) in [4.78, 5) is 11.8. The first-order valence-corrected chi connectivity index (χ1v) is 8.56. The molecule has 2 aliphatic rings. The minimum Gasteiger partial charge on any atom is -0.393 e. The quantitative estimate of drug-likeness (QED) is 0.709. The lowest BCUT2D eigenvalue weighted by Gasteiger charge is -2.25. The molecule has 0 atom stereocenters. The third-order valence-electron chi connectivity index (χ3n) is 4.14. The topological polar surface area (TPSA) is 61.4 Å². The largest absolute Gasteiger partial charge is 0.393 e.